The molecule has 1 aliphatic rings. The van der Waals surface area contributed by atoms with E-state index in [1.54, 1.807) is 24.3 Å². The lowest BCUT2D eigenvalue weighted by atomic mass is 9.83. The molecule has 30 heavy (non-hydrogen) atoms. The summed E-state index contributed by atoms with van der Waals surface area (Å²) in [4.78, 5) is 13.4. The van der Waals surface area contributed by atoms with E-state index in [1.807, 2.05) is 30.3 Å². The maximum Gasteiger partial charge on any atom is 0.243 e. The van der Waals surface area contributed by atoms with Gasteiger partial charge in [0.2, 0.25) is 15.9 Å². The summed E-state index contributed by atoms with van der Waals surface area (Å²) in [7, 11) is -2.14. The van der Waals surface area contributed by atoms with E-state index in [4.69, 9.17) is 4.74 Å². The third kappa shape index (κ3) is 4.52. The van der Waals surface area contributed by atoms with E-state index >= 15 is 0 Å². The van der Waals surface area contributed by atoms with Gasteiger partial charge in [-0.25, -0.2) is 8.42 Å². The minimum atomic E-state index is -3.58. The fourth-order valence-electron chi connectivity index (χ4n) is 4.03. The van der Waals surface area contributed by atoms with E-state index in [-0.39, 0.29) is 17.6 Å². The Kier molecular flexibility index (Phi) is 6.53. The van der Waals surface area contributed by atoms with Crippen LogP contribution in [0.1, 0.15) is 56.3 Å². The van der Waals surface area contributed by atoms with Gasteiger partial charge in [0.1, 0.15) is 17.4 Å². The number of fused-ring (bicyclic) bond motifs is 1. The highest BCUT2D eigenvalue weighted by molar-refractivity contribution is 7.88. The zero-order valence-corrected chi connectivity index (χ0v) is 18.8. The lowest BCUT2D eigenvalue weighted by molar-refractivity contribution is -0.126. The van der Waals surface area contributed by atoms with E-state index in [9.17, 15) is 13.2 Å². The minimum absolute atomic E-state index is 0.262. The molecule has 3 rings (SSSR count). The Morgan fingerprint density at radius 3 is 2.33 bits per heavy atom. The van der Waals surface area contributed by atoms with Crippen LogP contribution in [0.15, 0.2) is 54.6 Å². The first kappa shape index (κ1) is 22.3. The summed E-state index contributed by atoms with van der Waals surface area (Å²) in [6.07, 6.45) is 3.37. The molecule has 2 atom stereocenters. The largest absolute Gasteiger partial charge is 0.487 e. The summed E-state index contributed by atoms with van der Waals surface area (Å²) in [5, 5.41) is 3.12. The number of para-hydroxylation sites is 1. The Morgan fingerprint density at radius 2 is 1.73 bits per heavy atom. The first-order chi connectivity index (χ1) is 14.2. The normalized spacial score (nSPS) is 18.9. The molecule has 0 saturated heterocycles. The van der Waals surface area contributed by atoms with E-state index in [0.29, 0.717) is 12.0 Å². The van der Waals surface area contributed by atoms with Crippen molar-refractivity contribution in [3.63, 3.8) is 0 Å². The van der Waals surface area contributed by atoms with Crippen LogP contribution in [0.4, 0.5) is 0 Å². The fraction of sp³-hybridized carbons (Fsp3) is 0.435. The van der Waals surface area contributed by atoms with Crippen LogP contribution in [0, 0.1) is 0 Å². The number of likely N-dealkylation sites (N-methyl/N-ethyl adjacent to an activating group) is 1. The highest BCUT2D eigenvalue weighted by Gasteiger charge is 2.40. The van der Waals surface area contributed by atoms with Gasteiger partial charge < -0.3 is 10.1 Å². The number of carbonyl (C=O) groups excluding carboxylic acids is 1. The second kappa shape index (κ2) is 8.78. The average molecular weight is 431 g/mol. The predicted octanol–water partition coefficient (Wildman–Crippen LogP) is 3.82. The van der Waals surface area contributed by atoms with Crippen LogP contribution in [0.25, 0.3) is 0 Å². The molecule has 0 spiro atoms. The topological polar surface area (TPSA) is 75.7 Å². The molecule has 0 radical (unpaired) electrons. The number of nitrogens with zero attached hydrogens (tertiary/aromatic N) is 1. The van der Waals surface area contributed by atoms with Crippen molar-refractivity contribution in [3.8, 4) is 5.75 Å². The number of benzene rings is 2. The number of ether oxygens (including phenoxy) is 1. The Morgan fingerprint density at radius 1 is 1.13 bits per heavy atom. The highest BCUT2D eigenvalue weighted by Crippen LogP contribution is 2.43. The zero-order chi connectivity index (χ0) is 21.9. The molecule has 6 nitrogen and oxygen atoms in total. The summed E-state index contributed by atoms with van der Waals surface area (Å²) in [6.45, 7) is 4.17. The van der Waals surface area contributed by atoms with Gasteiger partial charge in [0.25, 0.3) is 0 Å². The van der Waals surface area contributed by atoms with Crippen molar-refractivity contribution in [1.82, 2.24) is 9.62 Å². The van der Waals surface area contributed by atoms with Crippen LogP contribution in [0.5, 0.6) is 5.75 Å². The predicted molar refractivity (Wildman–Crippen MR) is 118 cm³/mol. The van der Waals surface area contributed by atoms with Crippen LogP contribution < -0.4 is 10.1 Å². The first-order valence-electron chi connectivity index (χ1n) is 10.3. The number of nitrogens with one attached hydrogen (secondary N) is 1. The van der Waals surface area contributed by atoms with Crippen LogP contribution in [0.3, 0.4) is 0 Å². The summed E-state index contributed by atoms with van der Waals surface area (Å²) < 4.78 is 32.0. The number of carbonyl (C=O) groups is 1. The Hall–Kier alpha value is -2.38. The monoisotopic (exact) mass is 430 g/mol. The van der Waals surface area contributed by atoms with Gasteiger partial charge in [-0.1, -0.05) is 62.4 Å². The second-order valence-electron chi connectivity index (χ2n) is 7.89. The lowest BCUT2D eigenvalue weighted by Crippen LogP contribution is -2.47. The highest BCUT2D eigenvalue weighted by atomic mass is 32.2. The number of hydrogen-bond donors (Lipinski definition) is 1. The maximum atomic E-state index is 13.4. The molecule has 7 heteroatoms. The standard InChI is InChI=1S/C23H30N2O4S/c1-5-23(6-2)16-19(18-14-10-11-15-20(18)29-23)24-22(26)21(25(3)30(4,27)28)17-12-8-7-9-13-17/h7-15,19,21H,5-6,16H2,1-4H3,(H,24,26)/t19-,21-/m1/s1. The van der Waals surface area contributed by atoms with E-state index in [2.05, 4.69) is 19.2 Å². The molecule has 0 unspecified atom stereocenters. The maximum absolute atomic E-state index is 13.4. The van der Waals surface area contributed by atoms with Crippen molar-refractivity contribution in [2.24, 2.45) is 0 Å². The molecule has 0 bridgehead atoms. The van der Waals surface area contributed by atoms with Gasteiger partial charge in [-0.2, -0.15) is 4.31 Å². The Bertz CT molecular complexity index is 987. The fourth-order valence-corrected chi connectivity index (χ4v) is 4.63. The third-order valence-electron chi connectivity index (χ3n) is 6.05. The average Bonchev–Trinajstić information content (AvgIpc) is 2.73. The van der Waals surface area contributed by atoms with E-state index in [1.165, 1.54) is 7.05 Å². The molecule has 1 aliphatic heterocycles. The summed E-state index contributed by atoms with van der Waals surface area (Å²) >= 11 is 0. The van der Waals surface area contributed by atoms with Crippen LogP contribution in [0.2, 0.25) is 0 Å². The molecular formula is C23H30N2O4S. The molecule has 0 saturated carbocycles. The van der Waals surface area contributed by atoms with Crippen LogP contribution in [-0.4, -0.2) is 37.5 Å². The van der Waals surface area contributed by atoms with Crippen molar-refractivity contribution >= 4 is 15.9 Å². The molecule has 1 heterocycles. The number of rotatable bonds is 7. The SMILES string of the molecule is CCC1(CC)C[C@@H](NC(=O)[C@@H](c2ccccc2)N(C)S(C)(=O)=O)c2ccccc2O1. The molecule has 1 amide bonds. The van der Waals surface area contributed by atoms with Crippen LogP contribution >= 0.6 is 0 Å². The number of amides is 1. The molecule has 0 fully saturated rings. The van der Waals surface area contributed by atoms with Crippen molar-refractivity contribution in [2.45, 2.75) is 50.8 Å². The van der Waals surface area contributed by atoms with Gasteiger partial charge in [-0.15, -0.1) is 0 Å². The van der Waals surface area contributed by atoms with E-state index in [0.717, 1.165) is 34.7 Å². The summed E-state index contributed by atoms with van der Waals surface area (Å²) in [5.74, 6) is 0.419. The van der Waals surface area contributed by atoms with Crippen LogP contribution in [-0.2, 0) is 14.8 Å². The van der Waals surface area contributed by atoms with Crippen molar-refractivity contribution < 1.29 is 17.9 Å². The van der Waals surface area contributed by atoms with Gasteiger partial charge in [-0.3, -0.25) is 4.79 Å². The smallest absolute Gasteiger partial charge is 0.243 e. The van der Waals surface area contributed by atoms with Gasteiger partial charge in [0.05, 0.1) is 12.3 Å². The molecule has 0 aliphatic carbocycles. The lowest BCUT2D eigenvalue weighted by Gasteiger charge is -2.42. The first-order valence-corrected chi connectivity index (χ1v) is 12.1. The second-order valence-corrected chi connectivity index (χ2v) is 9.93. The molecule has 2 aromatic rings. The quantitative estimate of drug-likeness (QED) is 0.725. The molecule has 2 aromatic carbocycles. The Labute approximate surface area is 179 Å². The molecular weight excluding hydrogens is 400 g/mol. The van der Waals surface area contributed by atoms with Gasteiger partial charge in [-0.05, 0) is 24.5 Å². The number of sulfonamides is 1. The van der Waals surface area contributed by atoms with Crippen molar-refractivity contribution in [1.29, 1.82) is 0 Å². The minimum Gasteiger partial charge on any atom is -0.487 e. The third-order valence-corrected chi connectivity index (χ3v) is 7.31. The van der Waals surface area contributed by atoms with Gasteiger partial charge in [0, 0.05) is 19.0 Å². The Balaban J connectivity index is 1.97. The molecule has 0 aromatic heterocycles. The summed E-state index contributed by atoms with van der Waals surface area (Å²) in [6, 6.07) is 15.5. The van der Waals surface area contributed by atoms with Crippen molar-refractivity contribution in [3.05, 3.63) is 65.7 Å². The van der Waals surface area contributed by atoms with Crippen molar-refractivity contribution in [2.75, 3.05) is 13.3 Å². The zero-order valence-electron chi connectivity index (χ0n) is 18.0. The number of hydrogen-bond acceptors (Lipinski definition) is 4. The molecule has 162 valence electrons. The van der Waals surface area contributed by atoms with E-state index < -0.39 is 16.1 Å². The van der Waals surface area contributed by atoms with Gasteiger partial charge >= 0.3 is 0 Å². The summed E-state index contributed by atoms with van der Waals surface area (Å²) in [5.41, 5.74) is 1.18. The molecule has 1 N–H and O–H groups in total. The van der Waals surface area contributed by atoms with Gasteiger partial charge in [0.15, 0.2) is 0 Å².